The minimum absolute atomic E-state index is 0.101. The molecule has 2 aromatic heterocycles. The highest BCUT2D eigenvalue weighted by atomic mass is 32.2. The molecule has 4 rings (SSSR count). The number of carbonyl (C=O) groups excluding carboxylic acids is 1. The van der Waals surface area contributed by atoms with Crippen LogP contribution >= 0.6 is 11.8 Å². The number of aromatic nitrogens is 4. The van der Waals surface area contributed by atoms with Crippen LogP contribution in [0.4, 0.5) is 23.1 Å². The van der Waals surface area contributed by atoms with Crippen molar-refractivity contribution in [3.05, 3.63) is 36.0 Å². The van der Waals surface area contributed by atoms with Gasteiger partial charge in [-0.15, -0.1) is 0 Å². The van der Waals surface area contributed by atoms with E-state index >= 15 is 0 Å². The Morgan fingerprint density at radius 2 is 1.91 bits per heavy atom. The molecule has 34 heavy (non-hydrogen) atoms. The standard InChI is InChI=1S/C23H30N8O2S/c1-5-30-10-12-31(13-11-30)22-20(33-4)21(25-19-14-15(2)28-29-19)26-23(27-22)34-18-8-6-17(7-9-18)24-16(3)32/h6-9,14H,5,10-13H2,1-4H3,(H,24,32)(H2,25,26,27,28,29). The molecular weight excluding hydrogens is 452 g/mol. The molecule has 1 saturated heterocycles. The van der Waals surface area contributed by atoms with Gasteiger partial charge in [0.25, 0.3) is 0 Å². The molecule has 1 aromatic carbocycles. The topological polar surface area (TPSA) is 111 Å². The average Bonchev–Trinajstić information content (AvgIpc) is 3.24. The highest BCUT2D eigenvalue weighted by Gasteiger charge is 2.25. The summed E-state index contributed by atoms with van der Waals surface area (Å²) in [4.78, 5) is 26.6. The lowest BCUT2D eigenvalue weighted by atomic mass is 10.3. The number of likely N-dealkylation sites (N-methyl/N-ethyl adjacent to an activating group) is 1. The van der Waals surface area contributed by atoms with Crippen molar-refractivity contribution < 1.29 is 9.53 Å². The fourth-order valence-corrected chi connectivity index (χ4v) is 4.50. The van der Waals surface area contributed by atoms with Gasteiger partial charge in [-0.3, -0.25) is 9.89 Å². The third kappa shape index (κ3) is 5.78. The van der Waals surface area contributed by atoms with Crippen LogP contribution in [-0.4, -0.2) is 70.8 Å². The summed E-state index contributed by atoms with van der Waals surface area (Å²) in [5.74, 6) is 2.48. The van der Waals surface area contributed by atoms with Gasteiger partial charge in [-0.05, 0) is 49.5 Å². The van der Waals surface area contributed by atoms with Crippen LogP contribution < -0.4 is 20.3 Å². The Kier molecular flexibility index (Phi) is 7.53. The number of ether oxygens (including phenoxy) is 1. The summed E-state index contributed by atoms with van der Waals surface area (Å²) < 4.78 is 5.79. The molecule has 1 fully saturated rings. The molecule has 0 unspecified atom stereocenters. The molecule has 11 heteroatoms. The lowest BCUT2D eigenvalue weighted by Crippen LogP contribution is -2.46. The summed E-state index contributed by atoms with van der Waals surface area (Å²) in [5.41, 5.74) is 1.69. The number of carbonyl (C=O) groups is 1. The number of amides is 1. The summed E-state index contributed by atoms with van der Waals surface area (Å²) in [5, 5.41) is 13.9. The maximum absolute atomic E-state index is 11.3. The maximum Gasteiger partial charge on any atom is 0.221 e. The molecule has 3 heterocycles. The largest absolute Gasteiger partial charge is 0.490 e. The van der Waals surface area contributed by atoms with Gasteiger partial charge in [-0.1, -0.05) is 6.92 Å². The molecule has 1 aliphatic heterocycles. The molecule has 0 aliphatic carbocycles. The first-order valence-corrected chi connectivity index (χ1v) is 12.0. The Morgan fingerprint density at radius 1 is 1.18 bits per heavy atom. The monoisotopic (exact) mass is 482 g/mol. The van der Waals surface area contributed by atoms with E-state index < -0.39 is 0 Å². The Balaban J connectivity index is 1.66. The third-order valence-electron chi connectivity index (χ3n) is 5.49. The van der Waals surface area contributed by atoms with Crippen molar-refractivity contribution in [2.45, 2.75) is 30.8 Å². The van der Waals surface area contributed by atoms with E-state index in [0.717, 1.165) is 54.8 Å². The van der Waals surface area contributed by atoms with E-state index in [4.69, 9.17) is 14.7 Å². The van der Waals surface area contributed by atoms with E-state index in [9.17, 15) is 4.79 Å². The van der Waals surface area contributed by atoms with Crippen LogP contribution in [-0.2, 0) is 4.79 Å². The van der Waals surface area contributed by atoms with Crippen LogP contribution in [0, 0.1) is 6.92 Å². The molecule has 0 atom stereocenters. The van der Waals surface area contributed by atoms with E-state index in [1.54, 1.807) is 7.11 Å². The van der Waals surface area contributed by atoms with E-state index in [0.29, 0.717) is 22.5 Å². The number of aryl methyl sites for hydroxylation is 1. The van der Waals surface area contributed by atoms with Crippen molar-refractivity contribution in [2.75, 3.05) is 55.4 Å². The van der Waals surface area contributed by atoms with E-state index in [1.807, 2.05) is 37.3 Å². The second kappa shape index (κ2) is 10.7. The maximum atomic E-state index is 11.3. The number of methoxy groups -OCH3 is 1. The molecule has 0 spiro atoms. The zero-order valence-corrected chi connectivity index (χ0v) is 20.7. The van der Waals surface area contributed by atoms with Crippen molar-refractivity contribution in [3.8, 4) is 5.75 Å². The van der Waals surface area contributed by atoms with Crippen LogP contribution in [0.15, 0.2) is 40.4 Å². The lowest BCUT2D eigenvalue weighted by molar-refractivity contribution is -0.114. The fourth-order valence-electron chi connectivity index (χ4n) is 3.75. The first kappa shape index (κ1) is 23.8. The third-order valence-corrected chi connectivity index (χ3v) is 6.36. The molecule has 1 amide bonds. The van der Waals surface area contributed by atoms with Crippen LogP contribution in [0.3, 0.4) is 0 Å². The number of hydrogen-bond acceptors (Lipinski definition) is 9. The average molecular weight is 483 g/mol. The molecular formula is C23H30N8O2S. The van der Waals surface area contributed by atoms with Crippen LogP contribution in [0.25, 0.3) is 0 Å². The van der Waals surface area contributed by atoms with Crippen molar-refractivity contribution in [2.24, 2.45) is 0 Å². The number of piperazine rings is 1. The SMILES string of the molecule is CCN1CCN(c2nc(Sc3ccc(NC(C)=O)cc3)nc(Nc3cc(C)[nH]n3)c2OC)CC1. The Bertz CT molecular complexity index is 1130. The quantitative estimate of drug-likeness (QED) is 0.415. The summed E-state index contributed by atoms with van der Waals surface area (Å²) in [6.45, 7) is 10.3. The van der Waals surface area contributed by atoms with Gasteiger partial charge in [-0.2, -0.15) is 5.10 Å². The van der Waals surface area contributed by atoms with Gasteiger partial charge < -0.3 is 25.2 Å². The number of nitrogens with one attached hydrogen (secondary N) is 3. The van der Waals surface area contributed by atoms with Gasteiger partial charge >= 0.3 is 0 Å². The van der Waals surface area contributed by atoms with Gasteiger partial charge in [0.15, 0.2) is 22.6 Å². The fraction of sp³-hybridized carbons (Fsp3) is 0.391. The number of aromatic amines is 1. The van der Waals surface area contributed by atoms with E-state index in [1.165, 1.54) is 18.7 Å². The zero-order chi connectivity index (χ0) is 24.1. The molecule has 3 N–H and O–H groups in total. The summed E-state index contributed by atoms with van der Waals surface area (Å²) >= 11 is 1.45. The number of anilines is 4. The van der Waals surface area contributed by atoms with E-state index in [2.05, 4.69) is 37.6 Å². The number of hydrogen-bond donors (Lipinski definition) is 3. The second-order valence-electron chi connectivity index (χ2n) is 8.00. The molecule has 3 aromatic rings. The first-order chi connectivity index (χ1) is 16.4. The Morgan fingerprint density at radius 3 is 2.50 bits per heavy atom. The van der Waals surface area contributed by atoms with E-state index in [-0.39, 0.29) is 5.91 Å². The number of rotatable bonds is 8. The minimum atomic E-state index is -0.101. The minimum Gasteiger partial charge on any atom is -0.490 e. The molecule has 0 radical (unpaired) electrons. The van der Waals surface area contributed by atoms with Crippen molar-refractivity contribution in [1.29, 1.82) is 0 Å². The molecule has 180 valence electrons. The predicted molar refractivity (Wildman–Crippen MR) is 134 cm³/mol. The van der Waals surface area contributed by atoms with Gasteiger partial charge in [-0.25, -0.2) is 9.97 Å². The van der Waals surface area contributed by atoms with Crippen LogP contribution in [0.1, 0.15) is 19.5 Å². The summed E-state index contributed by atoms with van der Waals surface area (Å²) in [6.07, 6.45) is 0. The Labute approximate surface area is 203 Å². The number of benzene rings is 1. The van der Waals surface area contributed by atoms with Gasteiger partial charge in [0.1, 0.15) is 0 Å². The normalized spacial score (nSPS) is 14.2. The zero-order valence-electron chi connectivity index (χ0n) is 19.9. The van der Waals surface area contributed by atoms with Gasteiger partial charge in [0.05, 0.1) is 7.11 Å². The number of H-pyrrole nitrogens is 1. The van der Waals surface area contributed by atoms with Crippen LogP contribution in [0.5, 0.6) is 5.75 Å². The Hall–Kier alpha value is -3.31. The summed E-state index contributed by atoms with van der Waals surface area (Å²) in [6, 6.07) is 9.52. The highest BCUT2D eigenvalue weighted by Crippen LogP contribution is 2.38. The number of nitrogens with zero attached hydrogens (tertiary/aromatic N) is 5. The van der Waals surface area contributed by atoms with Gasteiger partial charge in [0.2, 0.25) is 11.7 Å². The van der Waals surface area contributed by atoms with Gasteiger partial charge in [0, 0.05) is 55.4 Å². The molecule has 10 nitrogen and oxygen atoms in total. The molecule has 0 saturated carbocycles. The predicted octanol–water partition coefficient (Wildman–Crippen LogP) is 3.51. The van der Waals surface area contributed by atoms with Crippen molar-refractivity contribution in [1.82, 2.24) is 25.1 Å². The van der Waals surface area contributed by atoms with Crippen molar-refractivity contribution >= 4 is 40.8 Å². The smallest absolute Gasteiger partial charge is 0.221 e. The van der Waals surface area contributed by atoms with Crippen molar-refractivity contribution in [3.63, 3.8) is 0 Å². The first-order valence-electron chi connectivity index (χ1n) is 11.2. The highest BCUT2D eigenvalue weighted by molar-refractivity contribution is 7.99. The lowest BCUT2D eigenvalue weighted by Gasteiger charge is -2.35. The molecule has 1 aliphatic rings. The summed E-state index contributed by atoms with van der Waals surface area (Å²) in [7, 11) is 1.64. The van der Waals surface area contributed by atoms with Crippen LogP contribution in [0.2, 0.25) is 0 Å². The second-order valence-corrected chi connectivity index (χ2v) is 9.04. The molecule has 0 bridgehead atoms.